The molecule has 1 amide bonds. The number of benzene rings is 1. The van der Waals surface area contributed by atoms with E-state index in [1.165, 1.54) is 17.7 Å². The molecule has 1 saturated carbocycles. The molecule has 1 aliphatic carbocycles. The van der Waals surface area contributed by atoms with Gasteiger partial charge in [0.2, 0.25) is 5.91 Å². The molecular formula is C13H17NOS. The maximum absolute atomic E-state index is 11.9. The lowest BCUT2D eigenvalue weighted by Crippen LogP contribution is -2.20. The molecule has 16 heavy (non-hydrogen) atoms. The summed E-state index contributed by atoms with van der Waals surface area (Å²) in [6.07, 6.45) is 6.53. The van der Waals surface area contributed by atoms with Gasteiger partial charge >= 0.3 is 0 Å². The average molecular weight is 235 g/mol. The minimum absolute atomic E-state index is 0.191. The van der Waals surface area contributed by atoms with Crippen LogP contribution in [-0.2, 0) is 4.79 Å². The molecular weight excluding hydrogens is 218 g/mol. The van der Waals surface area contributed by atoms with Gasteiger partial charge < -0.3 is 5.32 Å². The van der Waals surface area contributed by atoms with Crippen LogP contribution in [0.4, 0.5) is 5.69 Å². The van der Waals surface area contributed by atoms with Crippen molar-refractivity contribution in [3.05, 3.63) is 24.3 Å². The first kappa shape index (κ1) is 11.5. The Bertz CT molecular complexity index is 372. The van der Waals surface area contributed by atoms with Gasteiger partial charge in [-0.15, -0.1) is 11.8 Å². The zero-order valence-electron chi connectivity index (χ0n) is 9.53. The molecule has 1 fully saturated rings. The molecule has 0 heterocycles. The quantitative estimate of drug-likeness (QED) is 0.812. The summed E-state index contributed by atoms with van der Waals surface area (Å²) in [7, 11) is 0. The van der Waals surface area contributed by atoms with Crippen LogP contribution in [0.15, 0.2) is 29.2 Å². The Balaban J connectivity index is 1.99. The summed E-state index contributed by atoms with van der Waals surface area (Å²) in [5, 5.41) is 3.01. The summed E-state index contributed by atoms with van der Waals surface area (Å²) in [6, 6.07) is 8.01. The van der Waals surface area contributed by atoms with Crippen LogP contribution >= 0.6 is 11.8 Å². The minimum Gasteiger partial charge on any atom is -0.326 e. The standard InChI is InChI=1S/C13H17NOS/c1-16-12-8-4-7-11(9-12)14-13(15)10-5-2-3-6-10/h4,7-10H,2-3,5-6H2,1H3,(H,14,15). The van der Waals surface area contributed by atoms with Crippen LogP contribution in [0.3, 0.4) is 0 Å². The van der Waals surface area contributed by atoms with Crippen LogP contribution in [0.1, 0.15) is 25.7 Å². The average Bonchev–Trinajstić information content (AvgIpc) is 2.83. The van der Waals surface area contributed by atoms with Crippen LogP contribution in [0.5, 0.6) is 0 Å². The largest absolute Gasteiger partial charge is 0.326 e. The molecule has 0 saturated heterocycles. The molecule has 0 spiro atoms. The predicted octanol–water partition coefficient (Wildman–Crippen LogP) is 3.54. The Morgan fingerprint density at radius 1 is 1.38 bits per heavy atom. The molecule has 2 nitrogen and oxygen atoms in total. The molecule has 1 aliphatic rings. The number of carbonyl (C=O) groups is 1. The highest BCUT2D eigenvalue weighted by Crippen LogP contribution is 2.26. The van der Waals surface area contributed by atoms with E-state index >= 15 is 0 Å². The zero-order valence-corrected chi connectivity index (χ0v) is 10.3. The second-order valence-electron chi connectivity index (χ2n) is 4.20. The van der Waals surface area contributed by atoms with Crippen molar-refractivity contribution in [3.8, 4) is 0 Å². The van der Waals surface area contributed by atoms with E-state index in [4.69, 9.17) is 0 Å². The van der Waals surface area contributed by atoms with E-state index in [-0.39, 0.29) is 11.8 Å². The number of rotatable bonds is 3. The van der Waals surface area contributed by atoms with Crippen molar-refractivity contribution in [1.29, 1.82) is 0 Å². The molecule has 3 heteroatoms. The Morgan fingerprint density at radius 2 is 2.12 bits per heavy atom. The van der Waals surface area contributed by atoms with E-state index < -0.39 is 0 Å². The van der Waals surface area contributed by atoms with Crippen LogP contribution in [0.25, 0.3) is 0 Å². The van der Waals surface area contributed by atoms with Gasteiger partial charge in [-0.05, 0) is 37.3 Å². The van der Waals surface area contributed by atoms with E-state index in [0.717, 1.165) is 18.5 Å². The summed E-state index contributed by atoms with van der Waals surface area (Å²) in [6.45, 7) is 0. The van der Waals surface area contributed by atoms with E-state index in [2.05, 4.69) is 11.4 Å². The molecule has 2 rings (SSSR count). The van der Waals surface area contributed by atoms with E-state index in [1.807, 2.05) is 24.5 Å². The van der Waals surface area contributed by atoms with Crippen molar-refractivity contribution in [2.24, 2.45) is 5.92 Å². The second kappa shape index (κ2) is 5.39. The van der Waals surface area contributed by atoms with Crippen molar-refractivity contribution in [3.63, 3.8) is 0 Å². The maximum Gasteiger partial charge on any atom is 0.227 e. The first-order chi connectivity index (χ1) is 7.79. The van der Waals surface area contributed by atoms with Crippen molar-refractivity contribution in [2.75, 3.05) is 11.6 Å². The maximum atomic E-state index is 11.9. The number of anilines is 1. The summed E-state index contributed by atoms with van der Waals surface area (Å²) < 4.78 is 0. The SMILES string of the molecule is CSc1cccc(NC(=O)C2CCCC2)c1. The van der Waals surface area contributed by atoms with Gasteiger partial charge in [0, 0.05) is 16.5 Å². The Kier molecular flexibility index (Phi) is 3.88. The lowest BCUT2D eigenvalue weighted by Gasteiger charge is -2.10. The van der Waals surface area contributed by atoms with Crippen LogP contribution in [0, 0.1) is 5.92 Å². The summed E-state index contributed by atoms with van der Waals surface area (Å²) >= 11 is 1.69. The first-order valence-corrected chi connectivity index (χ1v) is 6.97. The second-order valence-corrected chi connectivity index (χ2v) is 5.08. The lowest BCUT2D eigenvalue weighted by atomic mass is 10.1. The number of amides is 1. The molecule has 1 N–H and O–H groups in total. The smallest absolute Gasteiger partial charge is 0.227 e. The third kappa shape index (κ3) is 2.79. The van der Waals surface area contributed by atoms with Crippen molar-refractivity contribution < 1.29 is 4.79 Å². The Hall–Kier alpha value is -0.960. The molecule has 1 aromatic rings. The van der Waals surface area contributed by atoms with Gasteiger partial charge in [-0.2, -0.15) is 0 Å². The highest BCUT2D eigenvalue weighted by molar-refractivity contribution is 7.98. The molecule has 0 atom stereocenters. The summed E-state index contributed by atoms with van der Waals surface area (Å²) in [5.74, 6) is 0.425. The molecule has 1 aromatic carbocycles. The fourth-order valence-corrected chi connectivity index (χ4v) is 2.59. The molecule has 86 valence electrons. The summed E-state index contributed by atoms with van der Waals surface area (Å²) in [5.41, 5.74) is 0.920. The highest BCUT2D eigenvalue weighted by Gasteiger charge is 2.22. The van der Waals surface area contributed by atoms with Crippen molar-refractivity contribution in [1.82, 2.24) is 0 Å². The third-order valence-corrected chi connectivity index (χ3v) is 3.79. The third-order valence-electron chi connectivity index (χ3n) is 3.06. The first-order valence-electron chi connectivity index (χ1n) is 5.74. The number of hydrogen-bond donors (Lipinski definition) is 1. The van der Waals surface area contributed by atoms with Crippen LogP contribution < -0.4 is 5.32 Å². The van der Waals surface area contributed by atoms with E-state index in [9.17, 15) is 4.79 Å². The Morgan fingerprint density at radius 3 is 2.81 bits per heavy atom. The van der Waals surface area contributed by atoms with Gasteiger partial charge in [-0.25, -0.2) is 0 Å². The van der Waals surface area contributed by atoms with Gasteiger partial charge in [0.15, 0.2) is 0 Å². The van der Waals surface area contributed by atoms with Gasteiger partial charge in [0.25, 0.3) is 0 Å². The number of thioether (sulfide) groups is 1. The van der Waals surface area contributed by atoms with Gasteiger partial charge in [-0.3, -0.25) is 4.79 Å². The fraction of sp³-hybridized carbons (Fsp3) is 0.462. The fourth-order valence-electron chi connectivity index (χ4n) is 2.13. The normalized spacial score (nSPS) is 16.3. The van der Waals surface area contributed by atoms with Crippen LogP contribution in [0.2, 0.25) is 0 Å². The van der Waals surface area contributed by atoms with Crippen LogP contribution in [-0.4, -0.2) is 12.2 Å². The topological polar surface area (TPSA) is 29.1 Å². The monoisotopic (exact) mass is 235 g/mol. The van der Waals surface area contributed by atoms with E-state index in [0.29, 0.717) is 0 Å². The molecule has 0 bridgehead atoms. The number of carbonyl (C=O) groups excluding carboxylic acids is 1. The minimum atomic E-state index is 0.191. The highest BCUT2D eigenvalue weighted by atomic mass is 32.2. The van der Waals surface area contributed by atoms with E-state index in [1.54, 1.807) is 11.8 Å². The predicted molar refractivity (Wildman–Crippen MR) is 68.8 cm³/mol. The van der Waals surface area contributed by atoms with Crippen molar-refractivity contribution in [2.45, 2.75) is 30.6 Å². The summed E-state index contributed by atoms with van der Waals surface area (Å²) in [4.78, 5) is 13.1. The molecule has 0 unspecified atom stereocenters. The number of nitrogens with one attached hydrogen (secondary N) is 1. The van der Waals surface area contributed by atoms with Crippen molar-refractivity contribution >= 4 is 23.4 Å². The van der Waals surface area contributed by atoms with Gasteiger partial charge in [0.05, 0.1) is 0 Å². The zero-order chi connectivity index (χ0) is 11.4. The van der Waals surface area contributed by atoms with Gasteiger partial charge in [0.1, 0.15) is 0 Å². The Labute approximate surface area is 101 Å². The number of hydrogen-bond acceptors (Lipinski definition) is 2. The molecule has 0 radical (unpaired) electrons. The molecule has 0 aliphatic heterocycles. The lowest BCUT2D eigenvalue weighted by molar-refractivity contribution is -0.119. The molecule has 0 aromatic heterocycles. The van der Waals surface area contributed by atoms with Gasteiger partial charge in [-0.1, -0.05) is 18.9 Å².